The van der Waals surface area contributed by atoms with E-state index in [0.717, 1.165) is 0 Å². The average Bonchev–Trinajstić information content (AvgIpc) is 2.04. The van der Waals surface area contributed by atoms with Gasteiger partial charge in [0.25, 0.3) is 6.43 Å². The molecule has 0 aromatic carbocycles. The number of hydrogen-bond acceptors (Lipinski definition) is 4. The van der Waals surface area contributed by atoms with E-state index >= 15 is 0 Å². The van der Waals surface area contributed by atoms with Gasteiger partial charge in [0, 0.05) is 0 Å². The second-order valence-corrected chi connectivity index (χ2v) is 2.21. The molecule has 0 spiro atoms. The van der Waals surface area contributed by atoms with E-state index in [1.807, 2.05) is 0 Å². The van der Waals surface area contributed by atoms with Crippen LogP contribution in [0, 0.1) is 0 Å². The van der Waals surface area contributed by atoms with Crippen molar-refractivity contribution in [1.82, 2.24) is 4.98 Å². The zero-order valence-corrected chi connectivity index (χ0v) is 6.24. The molecule has 0 saturated carbocycles. The average molecular weight is 189 g/mol. The first-order valence-electron chi connectivity index (χ1n) is 3.22. The lowest BCUT2D eigenvalue weighted by Gasteiger charge is -2.04. The van der Waals surface area contributed by atoms with Crippen LogP contribution < -0.4 is 0 Å². The van der Waals surface area contributed by atoms with Crippen LogP contribution in [0.5, 0.6) is 11.5 Å². The molecule has 0 aliphatic carbocycles. The molecule has 0 saturated heterocycles. The van der Waals surface area contributed by atoms with E-state index in [4.69, 9.17) is 10.2 Å². The van der Waals surface area contributed by atoms with Gasteiger partial charge in [0.05, 0.1) is 6.20 Å². The maximum absolute atomic E-state index is 12.1. The lowest BCUT2D eigenvalue weighted by atomic mass is 10.2. The number of pyridine rings is 1. The molecule has 1 heterocycles. The van der Waals surface area contributed by atoms with Crippen LogP contribution in [0.3, 0.4) is 0 Å². The van der Waals surface area contributed by atoms with Crippen molar-refractivity contribution in [3.05, 3.63) is 17.5 Å². The third kappa shape index (κ3) is 1.56. The van der Waals surface area contributed by atoms with E-state index in [-0.39, 0.29) is 6.29 Å². The molecule has 0 fully saturated rings. The topological polar surface area (TPSA) is 70.4 Å². The second-order valence-electron chi connectivity index (χ2n) is 2.21. The summed E-state index contributed by atoms with van der Waals surface area (Å²) in [6, 6.07) is 0. The second kappa shape index (κ2) is 3.34. The Bertz CT molecular complexity index is 341. The Labute approximate surface area is 71.5 Å². The Morgan fingerprint density at radius 2 is 2.08 bits per heavy atom. The molecule has 6 heteroatoms. The molecule has 4 nitrogen and oxygen atoms in total. The van der Waals surface area contributed by atoms with Gasteiger partial charge >= 0.3 is 0 Å². The molecule has 1 rings (SSSR count). The summed E-state index contributed by atoms with van der Waals surface area (Å²) >= 11 is 0. The summed E-state index contributed by atoms with van der Waals surface area (Å²) in [5.41, 5.74) is -1.50. The van der Waals surface area contributed by atoms with Crippen LogP contribution in [0.1, 0.15) is 22.5 Å². The van der Waals surface area contributed by atoms with Crippen molar-refractivity contribution in [2.45, 2.75) is 6.43 Å². The van der Waals surface area contributed by atoms with E-state index < -0.39 is 29.2 Å². The third-order valence-electron chi connectivity index (χ3n) is 1.42. The standard InChI is InChI=1S/C7H5F2NO3/c8-7(9)5-6(13)3(2-11)4(12)1-10-5/h1-2,7,12-13H. The highest BCUT2D eigenvalue weighted by molar-refractivity contribution is 5.83. The summed E-state index contributed by atoms with van der Waals surface area (Å²) in [7, 11) is 0. The smallest absolute Gasteiger partial charge is 0.284 e. The Morgan fingerprint density at radius 1 is 1.46 bits per heavy atom. The van der Waals surface area contributed by atoms with Crippen molar-refractivity contribution in [3.63, 3.8) is 0 Å². The number of carbonyl (C=O) groups excluding carboxylic acids is 1. The molecule has 13 heavy (non-hydrogen) atoms. The number of aromatic hydroxyl groups is 2. The van der Waals surface area contributed by atoms with Crippen LogP contribution >= 0.6 is 0 Å². The van der Waals surface area contributed by atoms with E-state index in [1.165, 1.54) is 0 Å². The third-order valence-corrected chi connectivity index (χ3v) is 1.42. The summed E-state index contributed by atoms with van der Waals surface area (Å²) < 4.78 is 24.1. The SMILES string of the molecule is O=Cc1c(O)cnc(C(F)F)c1O. The molecule has 0 aliphatic rings. The number of rotatable bonds is 2. The van der Waals surface area contributed by atoms with Crippen LogP contribution in [0.4, 0.5) is 8.78 Å². The number of hydrogen-bond donors (Lipinski definition) is 2. The van der Waals surface area contributed by atoms with Crippen molar-refractivity contribution >= 4 is 6.29 Å². The molecule has 0 amide bonds. The summed E-state index contributed by atoms with van der Waals surface area (Å²) in [4.78, 5) is 13.3. The van der Waals surface area contributed by atoms with Crippen LogP contribution in [0.15, 0.2) is 6.20 Å². The summed E-state index contributed by atoms with van der Waals surface area (Å²) in [5, 5.41) is 17.9. The van der Waals surface area contributed by atoms with Gasteiger partial charge in [0.2, 0.25) is 0 Å². The van der Waals surface area contributed by atoms with Gasteiger partial charge in [-0.2, -0.15) is 0 Å². The molecular formula is C7H5F2NO3. The first kappa shape index (κ1) is 9.37. The Hall–Kier alpha value is -1.72. The van der Waals surface area contributed by atoms with E-state index in [0.29, 0.717) is 6.20 Å². The van der Waals surface area contributed by atoms with Crippen molar-refractivity contribution < 1.29 is 23.8 Å². The van der Waals surface area contributed by atoms with Gasteiger partial charge in [-0.3, -0.25) is 4.79 Å². The maximum atomic E-state index is 12.1. The summed E-state index contributed by atoms with van der Waals surface area (Å²) in [6.07, 6.45) is -2.22. The van der Waals surface area contributed by atoms with E-state index in [2.05, 4.69) is 4.98 Å². The molecule has 70 valence electrons. The number of carbonyl (C=O) groups is 1. The highest BCUT2D eigenvalue weighted by atomic mass is 19.3. The van der Waals surface area contributed by atoms with Gasteiger partial charge in [0.1, 0.15) is 17.0 Å². The quantitative estimate of drug-likeness (QED) is 0.686. The molecule has 0 aliphatic heterocycles. The first-order chi connectivity index (χ1) is 6.07. The van der Waals surface area contributed by atoms with Crippen molar-refractivity contribution in [2.24, 2.45) is 0 Å². The van der Waals surface area contributed by atoms with Gasteiger partial charge in [-0.25, -0.2) is 13.8 Å². The lowest BCUT2D eigenvalue weighted by Crippen LogP contribution is -1.94. The van der Waals surface area contributed by atoms with Crippen molar-refractivity contribution in [3.8, 4) is 11.5 Å². The number of nitrogens with zero attached hydrogens (tertiary/aromatic N) is 1. The Balaban J connectivity index is 3.35. The van der Waals surface area contributed by atoms with Crippen LogP contribution in [-0.4, -0.2) is 21.5 Å². The van der Waals surface area contributed by atoms with Gasteiger partial charge in [-0.1, -0.05) is 0 Å². The minimum atomic E-state index is -2.99. The minimum absolute atomic E-state index is 0.0816. The van der Waals surface area contributed by atoms with Crippen LogP contribution in [-0.2, 0) is 0 Å². The predicted octanol–water partition coefficient (Wildman–Crippen LogP) is 1.24. The first-order valence-corrected chi connectivity index (χ1v) is 3.22. The van der Waals surface area contributed by atoms with E-state index in [1.54, 1.807) is 0 Å². The Kier molecular flexibility index (Phi) is 2.41. The molecule has 2 N–H and O–H groups in total. The fourth-order valence-electron chi connectivity index (χ4n) is 0.797. The predicted molar refractivity (Wildman–Crippen MR) is 37.9 cm³/mol. The maximum Gasteiger partial charge on any atom is 0.284 e. The molecule has 0 radical (unpaired) electrons. The fraction of sp³-hybridized carbons (Fsp3) is 0.143. The summed E-state index contributed by atoms with van der Waals surface area (Å²) in [5.74, 6) is -1.61. The number of alkyl halides is 2. The summed E-state index contributed by atoms with van der Waals surface area (Å²) in [6.45, 7) is 0. The lowest BCUT2D eigenvalue weighted by molar-refractivity contribution is 0.111. The van der Waals surface area contributed by atoms with Gasteiger partial charge in [-0.05, 0) is 0 Å². The fourth-order valence-corrected chi connectivity index (χ4v) is 0.797. The zero-order chi connectivity index (χ0) is 10.0. The normalized spacial score (nSPS) is 10.4. The largest absolute Gasteiger partial charge is 0.505 e. The highest BCUT2D eigenvalue weighted by Crippen LogP contribution is 2.32. The molecular weight excluding hydrogens is 184 g/mol. The van der Waals surface area contributed by atoms with Crippen LogP contribution in [0.25, 0.3) is 0 Å². The molecule has 0 bridgehead atoms. The number of aromatic nitrogens is 1. The molecule has 0 atom stereocenters. The Morgan fingerprint density at radius 3 is 2.54 bits per heavy atom. The zero-order valence-electron chi connectivity index (χ0n) is 6.24. The molecule has 0 unspecified atom stereocenters. The molecule has 1 aromatic rings. The van der Waals surface area contributed by atoms with Gasteiger partial charge in [-0.15, -0.1) is 0 Å². The minimum Gasteiger partial charge on any atom is -0.505 e. The van der Waals surface area contributed by atoms with Crippen molar-refractivity contribution in [1.29, 1.82) is 0 Å². The highest BCUT2D eigenvalue weighted by Gasteiger charge is 2.19. The number of aldehydes is 1. The monoisotopic (exact) mass is 189 g/mol. The molecule has 1 aromatic heterocycles. The van der Waals surface area contributed by atoms with Gasteiger partial charge in [0.15, 0.2) is 12.0 Å². The number of halogens is 2. The van der Waals surface area contributed by atoms with Crippen LogP contribution in [0.2, 0.25) is 0 Å². The van der Waals surface area contributed by atoms with E-state index in [9.17, 15) is 13.6 Å². The van der Waals surface area contributed by atoms with Gasteiger partial charge < -0.3 is 10.2 Å². The van der Waals surface area contributed by atoms with Crippen molar-refractivity contribution in [2.75, 3.05) is 0 Å².